The lowest BCUT2D eigenvalue weighted by atomic mass is 10.1. The van der Waals surface area contributed by atoms with E-state index in [0.717, 1.165) is 0 Å². The minimum Gasteiger partial charge on any atom is -0.450 e. The number of rotatable bonds is 0. The summed E-state index contributed by atoms with van der Waals surface area (Å²) in [5.41, 5.74) is -0.0312. The minimum absolute atomic E-state index is 0.0156. The third-order valence-corrected chi connectivity index (χ3v) is 0.612. The Morgan fingerprint density at radius 3 is 1.08 bits per heavy atom. The topological polar surface area (TPSA) is 66.8 Å². The number of hydrogen-bond donors (Lipinski definition) is 2. The summed E-state index contributed by atoms with van der Waals surface area (Å²) in [7, 11) is 0. The van der Waals surface area contributed by atoms with Crippen molar-refractivity contribution in [2.45, 2.75) is 52.7 Å². The standard InChI is InChI=1S/C8H18O.CH2O3/c1-7(2,3)9-8(4,5)6;2-1(3)4/h1-6H3;(H2,2,3,4). The molecule has 0 radical (unpaired) electrons. The fourth-order valence-corrected chi connectivity index (χ4v) is 0.919. The maximum Gasteiger partial charge on any atom is 0.503 e. The van der Waals surface area contributed by atoms with Gasteiger partial charge >= 0.3 is 6.16 Å². The molecule has 0 bridgehead atoms. The first-order chi connectivity index (χ1) is 5.44. The molecule has 0 amide bonds. The molecule has 0 heterocycles. The minimum atomic E-state index is -1.83. The highest BCUT2D eigenvalue weighted by Gasteiger charge is 2.19. The second-order valence-electron chi connectivity index (χ2n) is 4.61. The molecular formula is C9H20O4. The van der Waals surface area contributed by atoms with Gasteiger partial charge in [0.05, 0.1) is 11.2 Å². The van der Waals surface area contributed by atoms with Crippen LogP contribution >= 0.6 is 0 Å². The molecule has 0 unspecified atom stereocenters. The van der Waals surface area contributed by atoms with Crippen molar-refractivity contribution in [3.05, 3.63) is 0 Å². The van der Waals surface area contributed by atoms with E-state index in [1.54, 1.807) is 0 Å². The summed E-state index contributed by atoms with van der Waals surface area (Å²) in [6.07, 6.45) is -1.83. The first kappa shape index (κ1) is 14.7. The molecule has 0 rings (SSSR count). The first-order valence-corrected chi connectivity index (χ1v) is 4.06. The van der Waals surface area contributed by atoms with Gasteiger partial charge in [0.1, 0.15) is 0 Å². The van der Waals surface area contributed by atoms with Gasteiger partial charge in [-0.2, -0.15) is 0 Å². The number of hydrogen-bond acceptors (Lipinski definition) is 2. The van der Waals surface area contributed by atoms with E-state index in [2.05, 4.69) is 41.5 Å². The molecule has 0 saturated carbocycles. The molecule has 0 aliphatic rings. The summed E-state index contributed by atoms with van der Waals surface area (Å²) in [4.78, 5) is 8.56. The molecule has 0 saturated heterocycles. The van der Waals surface area contributed by atoms with E-state index in [-0.39, 0.29) is 11.2 Å². The monoisotopic (exact) mass is 192 g/mol. The lowest BCUT2D eigenvalue weighted by Crippen LogP contribution is -2.31. The summed E-state index contributed by atoms with van der Waals surface area (Å²) in [5.74, 6) is 0. The van der Waals surface area contributed by atoms with Gasteiger partial charge in [-0.15, -0.1) is 0 Å². The summed E-state index contributed by atoms with van der Waals surface area (Å²) in [6, 6.07) is 0. The Hall–Kier alpha value is -0.770. The van der Waals surface area contributed by atoms with E-state index >= 15 is 0 Å². The van der Waals surface area contributed by atoms with Gasteiger partial charge < -0.3 is 14.9 Å². The predicted molar refractivity (Wildman–Crippen MR) is 51.2 cm³/mol. The van der Waals surface area contributed by atoms with Gasteiger partial charge in [0.25, 0.3) is 0 Å². The van der Waals surface area contributed by atoms with Crippen LogP contribution in [0.3, 0.4) is 0 Å². The van der Waals surface area contributed by atoms with Crippen molar-refractivity contribution in [1.29, 1.82) is 0 Å². The van der Waals surface area contributed by atoms with E-state index in [0.29, 0.717) is 0 Å². The Balaban J connectivity index is 0. The van der Waals surface area contributed by atoms with Crippen LogP contribution < -0.4 is 0 Å². The molecule has 0 aliphatic heterocycles. The fourth-order valence-electron chi connectivity index (χ4n) is 0.919. The molecule has 0 aromatic carbocycles. The van der Waals surface area contributed by atoms with Gasteiger partial charge in [0.15, 0.2) is 0 Å². The quantitative estimate of drug-likeness (QED) is 0.619. The molecule has 4 heteroatoms. The van der Waals surface area contributed by atoms with Crippen LogP contribution in [0.1, 0.15) is 41.5 Å². The molecule has 80 valence electrons. The van der Waals surface area contributed by atoms with Crippen molar-refractivity contribution in [2.75, 3.05) is 0 Å². The van der Waals surface area contributed by atoms with Gasteiger partial charge in [-0.1, -0.05) is 0 Å². The maximum absolute atomic E-state index is 8.56. The smallest absolute Gasteiger partial charge is 0.450 e. The van der Waals surface area contributed by atoms with Crippen molar-refractivity contribution >= 4 is 6.16 Å². The SMILES string of the molecule is CC(C)(C)OC(C)(C)C.O=C(O)O. The molecule has 0 aliphatic carbocycles. The molecule has 4 nitrogen and oxygen atoms in total. The van der Waals surface area contributed by atoms with Crippen molar-refractivity contribution in [3.63, 3.8) is 0 Å². The van der Waals surface area contributed by atoms with Crippen LogP contribution in [0.15, 0.2) is 0 Å². The highest BCUT2D eigenvalue weighted by molar-refractivity contribution is 5.53. The van der Waals surface area contributed by atoms with Crippen LogP contribution in [0, 0.1) is 0 Å². The van der Waals surface area contributed by atoms with Gasteiger partial charge in [-0.25, -0.2) is 4.79 Å². The average Bonchev–Trinajstić information content (AvgIpc) is 1.47. The lowest BCUT2D eigenvalue weighted by molar-refractivity contribution is -0.102. The molecule has 0 atom stereocenters. The van der Waals surface area contributed by atoms with Crippen LogP contribution in [-0.2, 0) is 4.74 Å². The van der Waals surface area contributed by atoms with Crippen LogP contribution in [0.4, 0.5) is 4.79 Å². The van der Waals surface area contributed by atoms with Gasteiger partial charge in [-0.3, -0.25) is 0 Å². The van der Waals surface area contributed by atoms with Gasteiger partial charge in [0.2, 0.25) is 0 Å². The van der Waals surface area contributed by atoms with Gasteiger partial charge in [0, 0.05) is 0 Å². The summed E-state index contributed by atoms with van der Waals surface area (Å²) in [5, 5.41) is 13.9. The van der Waals surface area contributed by atoms with Gasteiger partial charge in [-0.05, 0) is 41.5 Å². The first-order valence-electron chi connectivity index (χ1n) is 4.06. The highest BCUT2D eigenvalue weighted by Crippen LogP contribution is 2.17. The van der Waals surface area contributed by atoms with E-state index < -0.39 is 6.16 Å². The predicted octanol–water partition coefficient (Wildman–Crippen LogP) is 2.82. The van der Waals surface area contributed by atoms with Crippen LogP contribution in [0.5, 0.6) is 0 Å². The Bertz CT molecular complexity index is 134. The summed E-state index contributed by atoms with van der Waals surface area (Å²) in [6.45, 7) is 12.4. The normalized spacial score (nSPS) is 11.5. The van der Waals surface area contributed by atoms with Crippen molar-refractivity contribution in [3.8, 4) is 0 Å². The third kappa shape index (κ3) is 35.0. The van der Waals surface area contributed by atoms with Crippen molar-refractivity contribution in [2.24, 2.45) is 0 Å². The molecule has 0 fully saturated rings. The highest BCUT2D eigenvalue weighted by atomic mass is 16.6. The molecule has 13 heavy (non-hydrogen) atoms. The molecule has 0 aromatic rings. The van der Waals surface area contributed by atoms with E-state index in [9.17, 15) is 0 Å². The summed E-state index contributed by atoms with van der Waals surface area (Å²) < 4.78 is 5.62. The van der Waals surface area contributed by atoms with E-state index in [1.807, 2.05) is 0 Å². The van der Waals surface area contributed by atoms with E-state index in [4.69, 9.17) is 19.7 Å². The zero-order valence-corrected chi connectivity index (χ0v) is 9.21. The average molecular weight is 192 g/mol. The Morgan fingerprint density at radius 1 is 0.923 bits per heavy atom. The number of carboxylic acid groups (broad SMARTS) is 2. The second kappa shape index (κ2) is 5.07. The largest absolute Gasteiger partial charge is 0.503 e. The zero-order chi connectivity index (χ0) is 11.3. The molecule has 2 N–H and O–H groups in total. The van der Waals surface area contributed by atoms with E-state index in [1.165, 1.54) is 0 Å². The van der Waals surface area contributed by atoms with Crippen LogP contribution in [-0.4, -0.2) is 27.6 Å². The lowest BCUT2D eigenvalue weighted by Gasteiger charge is -2.30. The second-order valence-corrected chi connectivity index (χ2v) is 4.61. The Morgan fingerprint density at radius 2 is 1.08 bits per heavy atom. The van der Waals surface area contributed by atoms with Crippen molar-refractivity contribution < 1.29 is 19.7 Å². The molecule has 0 spiro atoms. The maximum atomic E-state index is 8.56. The Kier molecular flexibility index (Phi) is 5.74. The number of ether oxygens (including phenoxy) is 1. The van der Waals surface area contributed by atoms with Crippen molar-refractivity contribution in [1.82, 2.24) is 0 Å². The zero-order valence-electron chi connectivity index (χ0n) is 9.21. The van der Waals surface area contributed by atoms with Crippen LogP contribution in [0.25, 0.3) is 0 Å². The fraction of sp³-hybridized carbons (Fsp3) is 0.889. The Labute approximate surface area is 79.5 Å². The number of carbonyl (C=O) groups is 1. The molecule has 0 aromatic heterocycles. The summed E-state index contributed by atoms with van der Waals surface area (Å²) >= 11 is 0. The third-order valence-electron chi connectivity index (χ3n) is 0.612. The molecular weight excluding hydrogens is 172 g/mol. The van der Waals surface area contributed by atoms with Crippen LogP contribution in [0.2, 0.25) is 0 Å².